The second-order valence-corrected chi connectivity index (χ2v) is 6.62. The van der Waals surface area contributed by atoms with Gasteiger partial charge in [0.2, 0.25) is 0 Å². The molecule has 1 N–H and O–H groups in total. The molecule has 0 radical (unpaired) electrons. The largest absolute Gasteiger partial charge is 0.464 e. The molecule has 0 spiro atoms. The van der Waals surface area contributed by atoms with E-state index in [1.807, 2.05) is 30.3 Å². The molecule has 1 unspecified atom stereocenters. The Labute approximate surface area is 159 Å². The zero-order valence-electron chi connectivity index (χ0n) is 15.6. The summed E-state index contributed by atoms with van der Waals surface area (Å²) in [7, 11) is 0. The summed E-state index contributed by atoms with van der Waals surface area (Å²) in [4.78, 5) is 36.2. The van der Waals surface area contributed by atoms with E-state index in [1.165, 1.54) is 0 Å². The Morgan fingerprint density at radius 3 is 2.63 bits per heavy atom. The average molecular weight is 373 g/mol. The summed E-state index contributed by atoms with van der Waals surface area (Å²) in [5.74, 6) is -0.952. The van der Waals surface area contributed by atoms with E-state index in [1.54, 1.807) is 6.92 Å². The minimum Gasteiger partial charge on any atom is -0.464 e. The number of hydrogen-bond donors (Lipinski definition) is 1. The Hall–Kier alpha value is -2.63. The third-order valence-corrected chi connectivity index (χ3v) is 4.61. The van der Waals surface area contributed by atoms with Crippen LogP contribution in [-0.2, 0) is 25.7 Å². The summed E-state index contributed by atoms with van der Waals surface area (Å²) in [5.41, 5.74) is 0.835. The van der Waals surface area contributed by atoms with Crippen LogP contribution in [0, 0.1) is 11.8 Å². The Bertz CT molecular complexity index is 643. The molecule has 27 heavy (non-hydrogen) atoms. The number of carbonyl (C=O) groups excluding carboxylic acids is 3. The lowest BCUT2D eigenvalue weighted by molar-refractivity contribution is -0.148. The highest BCUT2D eigenvalue weighted by atomic mass is 16.6. The average Bonchev–Trinajstić information content (AvgIpc) is 2.70. The number of rotatable bonds is 9. The Morgan fingerprint density at radius 2 is 2.00 bits per heavy atom. The van der Waals surface area contributed by atoms with Crippen LogP contribution in [0.15, 0.2) is 42.5 Å². The lowest BCUT2D eigenvalue weighted by Gasteiger charge is -2.26. The van der Waals surface area contributed by atoms with E-state index in [2.05, 4.69) is 17.5 Å². The van der Waals surface area contributed by atoms with Crippen molar-refractivity contribution in [3.8, 4) is 0 Å². The van der Waals surface area contributed by atoms with Crippen LogP contribution in [0.25, 0.3) is 0 Å². The minimum absolute atomic E-state index is 0.0847. The quantitative estimate of drug-likeness (QED) is 0.407. The number of ether oxygens (including phenoxy) is 2. The molecule has 1 aliphatic rings. The Balaban J connectivity index is 1.98. The van der Waals surface area contributed by atoms with E-state index in [9.17, 15) is 14.4 Å². The number of benzene rings is 1. The molecule has 3 atom stereocenters. The van der Waals surface area contributed by atoms with Gasteiger partial charge in [0.15, 0.2) is 0 Å². The van der Waals surface area contributed by atoms with Crippen molar-refractivity contribution in [3.05, 3.63) is 48.0 Å². The first-order chi connectivity index (χ1) is 13.1. The van der Waals surface area contributed by atoms with Crippen molar-refractivity contribution in [1.29, 1.82) is 0 Å². The van der Waals surface area contributed by atoms with Crippen LogP contribution in [0.2, 0.25) is 0 Å². The molecule has 6 nitrogen and oxygen atoms in total. The summed E-state index contributed by atoms with van der Waals surface area (Å²) in [6.45, 7) is 1.94. The Kier molecular flexibility index (Phi) is 8.55. The number of nitrogens with one attached hydrogen (secondary N) is 1. The maximum atomic E-state index is 12.3. The molecule has 1 aromatic carbocycles. The van der Waals surface area contributed by atoms with Gasteiger partial charge in [-0.05, 0) is 44.1 Å². The lowest BCUT2D eigenvalue weighted by Crippen LogP contribution is -2.48. The van der Waals surface area contributed by atoms with E-state index < -0.39 is 24.0 Å². The zero-order chi connectivity index (χ0) is 19.5. The van der Waals surface area contributed by atoms with Crippen molar-refractivity contribution in [2.24, 2.45) is 11.8 Å². The molecule has 1 amide bonds. The fourth-order valence-electron chi connectivity index (χ4n) is 3.19. The number of allylic oxidation sites excluding steroid dienone is 2. The molecule has 6 heteroatoms. The summed E-state index contributed by atoms with van der Waals surface area (Å²) in [6.07, 6.45) is 7.53. The summed E-state index contributed by atoms with van der Waals surface area (Å²) >= 11 is 0. The van der Waals surface area contributed by atoms with E-state index >= 15 is 0 Å². The third-order valence-electron chi connectivity index (χ3n) is 4.61. The number of amides is 1. The van der Waals surface area contributed by atoms with Gasteiger partial charge in [0.05, 0.1) is 6.61 Å². The molecule has 1 aromatic rings. The molecule has 0 bridgehead atoms. The van der Waals surface area contributed by atoms with Crippen LogP contribution in [0.3, 0.4) is 0 Å². The lowest BCUT2D eigenvalue weighted by atomic mass is 9.83. The molecule has 0 aliphatic heterocycles. The van der Waals surface area contributed by atoms with Crippen LogP contribution in [0.5, 0.6) is 0 Å². The molecule has 0 saturated heterocycles. The first-order valence-corrected chi connectivity index (χ1v) is 9.38. The molecular formula is C21H27NO5. The van der Waals surface area contributed by atoms with Crippen molar-refractivity contribution >= 4 is 18.3 Å². The molecule has 0 saturated carbocycles. The van der Waals surface area contributed by atoms with Crippen LogP contribution in [-0.4, -0.2) is 31.0 Å². The van der Waals surface area contributed by atoms with Gasteiger partial charge >= 0.3 is 12.1 Å². The number of alkyl carbamates (subject to hydrolysis) is 1. The third kappa shape index (κ3) is 6.89. The number of carbonyl (C=O) groups is 3. The van der Waals surface area contributed by atoms with Gasteiger partial charge in [-0.3, -0.25) is 0 Å². The summed E-state index contributed by atoms with van der Waals surface area (Å²) in [5, 5.41) is 2.53. The fourth-order valence-corrected chi connectivity index (χ4v) is 3.19. The summed E-state index contributed by atoms with van der Waals surface area (Å²) in [6, 6.07) is 8.19. The van der Waals surface area contributed by atoms with E-state index in [4.69, 9.17) is 9.47 Å². The topological polar surface area (TPSA) is 81.7 Å². The smallest absolute Gasteiger partial charge is 0.408 e. The van der Waals surface area contributed by atoms with Crippen molar-refractivity contribution < 1.29 is 23.9 Å². The van der Waals surface area contributed by atoms with Gasteiger partial charge in [-0.1, -0.05) is 42.5 Å². The van der Waals surface area contributed by atoms with E-state index in [0.717, 1.165) is 31.1 Å². The SMILES string of the molecule is CCOC(=O)[C@@H](NC(=O)OCc1ccccc1)[C@H](C=O)CC1CC=CCC1. The predicted molar refractivity (Wildman–Crippen MR) is 101 cm³/mol. The van der Waals surface area contributed by atoms with Gasteiger partial charge < -0.3 is 19.6 Å². The standard InChI is InChI=1S/C21H27NO5/c1-2-26-20(24)19(18(14-23)13-16-9-5-3-6-10-16)22-21(25)27-15-17-11-7-4-8-12-17/h3-5,7-8,11-12,14,16,18-19H,2,6,9-10,13,15H2,1H3,(H,22,25)/t16?,18-,19-/m0/s1. The van der Waals surface area contributed by atoms with Gasteiger partial charge in [-0.15, -0.1) is 0 Å². The van der Waals surface area contributed by atoms with Gasteiger partial charge in [-0.2, -0.15) is 0 Å². The zero-order valence-corrected chi connectivity index (χ0v) is 15.6. The highest BCUT2D eigenvalue weighted by Gasteiger charge is 2.33. The predicted octanol–water partition coefficient (Wildman–Crippen LogP) is 3.41. The first-order valence-electron chi connectivity index (χ1n) is 9.38. The Morgan fingerprint density at radius 1 is 1.22 bits per heavy atom. The monoisotopic (exact) mass is 373 g/mol. The van der Waals surface area contributed by atoms with Gasteiger partial charge in [0.1, 0.15) is 18.9 Å². The second kappa shape index (κ2) is 11.2. The molecule has 0 aromatic heterocycles. The van der Waals surface area contributed by atoms with Crippen LogP contribution >= 0.6 is 0 Å². The minimum atomic E-state index is -1.04. The van der Waals surface area contributed by atoms with Crippen molar-refractivity contribution in [3.63, 3.8) is 0 Å². The second-order valence-electron chi connectivity index (χ2n) is 6.62. The molecule has 1 aliphatic carbocycles. The highest BCUT2D eigenvalue weighted by molar-refractivity contribution is 5.84. The van der Waals surface area contributed by atoms with Crippen LogP contribution in [0.1, 0.15) is 38.2 Å². The molecule has 146 valence electrons. The van der Waals surface area contributed by atoms with Crippen molar-refractivity contribution in [1.82, 2.24) is 5.32 Å². The molecule has 0 fully saturated rings. The number of hydrogen-bond acceptors (Lipinski definition) is 5. The highest BCUT2D eigenvalue weighted by Crippen LogP contribution is 2.26. The van der Waals surface area contributed by atoms with Crippen molar-refractivity contribution in [2.45, 2.75) is 45.3 Å². The summed E-state index contributed by atoms with van der Waals surface area (Å²) < 4.78 is 10.2. The molecule has 0 heterocycles. The molecule has 2 rings (SSSR count). The van der Waals surface area contributed by atoms with Crippen LogP contribution < -0.4 is 5.32 Å². The van der Waals surface area contributed by atoms with E-state index in [0.29, 0.717) is 12.3 Å². The maximum absolute atomic E-state index is 12.3. The number of aldehydes is 1. The fraction of sp³-hybridized carbons (Fsp3) is 0.476. The van der Waals surface area contributed by atoms with Gasteiger partial charge in [-0.25, -0.2) is 9.59 Å². The van der Waals surface area contributed by atoms with Crippen molar-refractivity contribution in [2.75, 3.05) is 6.61 Å². The normalized spacial score (nSPS) is 18.2. The van der Waals surface area contributed by atoms with Gasteiger partial charge in [0, 0.05) is 5.92 Å². The maximum Gasteiger partial charge on any atom is 0.408 e. The van der Waals surface area contributed by atoms with Gasteiger partial charge in [0.25, 0.3) is 0 Å². The first kappa shape index (κ1) is 20.7. The van der Waals surface area contributed by atoms with E-state index in [-0.39, 0.29) is 13.2 Å². The van der Waals surface area contributed by atoms with Crippen LogP contribution in [0.4, 0.5) is 4.79 Å². The number of esters is 1. The molecular weight excluding hydrogens is 346 g/mol.